The van der Waals surface area contributed by atoms with E-state index in [4.69, 9.17) is 10.8 Å². The normalized spacial score (nSPS) is 17.6. The molecule has 7 nitrogen and oxygen atoms in total. The molecule has 3 heterocycles. The lowest BCUT2D eigenvalue weighted by Crippen LogP contribution is -2.26. The first-order chi connectivity index (χ1) is 10.1. The quantitative estimate of drug-likeness (QED) is 0.630. The van der Waals surface area contributed by atoms with E-state index in [2.05, 4.69) is 36.1 Å². The zero-order valence-electron chi connectivity index (χ0n) is 11.7. The topological polar surface area (TPSA) is 107 Å². The highest BCUT2D eigenvalue weighted by Gasteiger charge is 2.25. The summed E-state index contributed by atoms with van der Waals surface area (Å²) in [6.45, 7) is 1.06. The summed E-state index contributed by atoms with van der Waals surface area (Å²) in [4.78, 5) is 21.0. The van der Waals surface area contributed by atoms with Crippen LogP contribution in [0.2, 0.25) is 0 Å². The Morgan fingerprint density at radius 3 is 3.05 bits per heavy atom. The molecule has 0 aliphatic carbocycles. The number of aliphatic hydroxyl groups is 1. The molecule has 2 aromatic rings. The van der Waals surface area contributed by atoms with Crippen molar-refractivity contribution in [1.29, 1.82) is 0 Å². The fourth-order valence-corrected chi connectivity index (χ4v) is 3.20. The number of halogens is 2. The van der Waals surface area contributed by atoms with E-state index < -0.39 is 12.5 Å². The van der Waals surface area contributed by atoms with Gasteiger partial charge in [0.25, 0.3) is 0 Å². The number of nitrogens with one attached hydrogen (secondary N) is 2. The predicted octanol–water partition coefficient (Wildman–Crippen LogP) is 1.22. The second-order valence-corrected chi connectivity index (χ2v) is 5.94. The van der Waals surface area contributed by atoms with Crippen LogP contribution >= 0.6 is 28.3 Å². The third-order valence-electron chi connectivity index (χ3n) is 3.59. The second-order valence-electron chi connectivity index (χ2n) is 5.08. The molecule has 0 unspecified atom stereocenters. The molecule has 1 fully saturated rings. The summed E-state index contributed by atoms with van der Waals surface area (Å²) in [5, 5.41) is 12.4. The average molecular weight is 391 g/mol. The Balaban J connectivity index is 0.00000176. The van der Waals surface area contributed by atoms with Crippen LogP contribution in [0.3, 0.4) is 0 Å². The molecule has 9 heteroatoms. The lowest BCUT2D eigenvalue weighted by molar-refractivity contribution is -0.118. The van der Waals surface area contributed by atoms with Gasteiger partial charge in [0, 0.05) is 31.5 Å². The Morgan fingerprint density at radius 1 is 1.64 bits per heavy atom. The molecule has 0 bridgehead atoms. The van der Waals surface area contributed by atoms with Gasteiger partial charge < -0.3 is 26.0 Å². The molecule has 0 spiro atoms. The van der Waals surface area contributed by atoms with Gasteiger partial charge in [-0.1, -0.05) is 0 Å². The average Bonchev–Trinajstić information content (AvgIpc) is 3.06. The molecule has 1 saturated heterocycles. The van der Waals surface area contributed by atoms with E-state index in [1.165, 1.54) is 0 Å². The highest BCUT2D eigenvalue weighted by Crippen LogP contribution is 2.38. The number of carbonyl (C=O) groups is 1. The maximum absolute atomic E-state index is 11.5. The number of nitrogens with zero attached hydrogens (tertiary/aromatic N) is 2. The van der Waals surface area contributed by atoms with Crippen molar-refractivity contribution in [2.45, 2.75) is 12.5 Å². The summed E-state index contributed by atoms with van der Waals surface area (Å²) < 4.78 is 0.850. The van der Waals surface area contributed by atoms with Crippen LogP contribution in [0.5, 0.6) is 0 Å². The Hall–Kier alpha value is -1.35. The first kappa shape index (κ1) is 17.0. The molecule has 1 aliphatic rings. The van der Waals surface area contributed by atoms with Gasteiger partial charge >= 0.3 is 0 Å². The molecule has 0 aromatic carbocycles. The number of fused-ring (bicyclic) bond motifs is 1. The van der Waals surface area contributed by atoms with Gasteiger partial charge in [0.15, 0.2) is 0 Å². The standard InChI is InChI=1S/C13H16BrN5O2.ClH/c14-8-3-16-13-11(9(4-17-13)18-10(21)6-20)12(8)19-2-1-7(15)5-19;/h3-4,7,20H,1-2,5-6,15H2,(H,16,17)(H,18,21);1H/t7-;/m1./s1. The highest BCUT2D eigenvalue weighted by molar-refractivity contribution is 9.10. The molecular formula is C13H17BrClN5O2. The van der Waals surface area contributed by atoms with Crippen LogP contribution in [0.1, 0.15) is 6.42 Å². The van der Waals surface area contributed by atoms with Crippen LogP contribution in [0.25, 0.3) is 11.0 Å². The Morgan fingerprint density at radius 2 is 2.41 bits per heavy atom. The van der Waals surface area contributed by atoms with E-state index in [9.17, 15) is 4.79 Å². The van der Waals surface area contributed by atoms with Crippen molar-refractivity contribution in [1.82, 2.24) is 9.97 Å². The Bertz CT molecular complexity index is 692. The van der Waals surface area contributed by atoms with E-state index in [1.54, 1.807) is 12.4 Å². The second kappa shape index (κ2) is 6.82. The zero-order valence-corrected chi connectivity index (χ0v) is 14.1. The van der Waals surface area contributed by atoms with E-state index >= 15 is 0 Å². The number of anilines is 2. The lowest BCUT2D eigenvalue weighted by atomic mass is 10.2. The van der Waals surface area contributed by atoms with Gasteiger partial charge in [0.1, 0.15) is 12.3 Å². The lowest BCUT2D eigenvalue weighted by Gasteiger charge is -2.21. The molecule has 1 atom stereocenters. The number of nitrogens with two attached hydrogens (primary N) is 1. The van der Waals surface area contributed by atoms with Gasteiger partial charge in [0.05, 0.1) is 21.2 Å². The molecular weight excluding hydrogens is 374 g/mol. The number of aromatic amines is 1. The zero-order chi connectivity index (χ0) is 15.0. The van der Waals surface area contributed by atoms with Gasteiger partial charge in [-0.15, -0.1) is 12.4 Å². The molecule has 1 amide bonds. The maximum atomic E-state index is 11.5. The maximum Gasteiger partial charge on any atom is 0.250 e. The molecule has 1 aliphatic heterocycles. The third kappa shape index (κ3) is 3.05. The number of pyridine rings is 1. The van der Waals surface area contributed by atoms with Crippen LogP contribution < -0.4 is 16.0 Å². The number of hydrogen-bond donors (Lipinski definition) is 4. The number of aromatic nitrogens is 2. The van der Waals surface area contributed by atoms with Crippen molar-refractivity contribution in [3.8, 4) is 0 Å². The van der Waals surface area contributed by atoms with Crippen molar-refractivity contribution < 1.29 is 9.90 Å². The van der Waals surface area contributed by atoms with Crippen molar-refractivity contribution >= 4 is 56.7 Å². The molecule has 0 radical (unpaired) electrons. The predicted molar refractivity (Wildman–Crippen MR) is 91.6 cm³/mol. The number of hydrogen-bond acceptors (Lipinski definition) is 5. The van der Waals surface area contributed by atoms with Gasteiger partial charge in [-0.25, -0.2) is 4.98 Å². The number of aliphatic hydroxyl groups excluding tert-OH is 1. The van der Waals surface area contributed by atoms with Crippen LogP contribution in [0, 0.1) is 0 Å². The van der Waals surface area contributed by atoms with Crippen molar-refractivity contribution in [2.75, 3.05) is 29.9 Å². The third-order valence-corrected chi connectivity index (χ3v) is 4.17. The fraction of sp³-hybridized carbons (Fsp3) is 0.385. The van der Waals surface area contributed by atoms with Gasteiger partial charge in [-0.05, 0) is 22.4 Å². The largest absolute Gasteiger partial charge is 0.387 e. The molecule has 0 saturated carbocycles. The summed E-state index contributed by atoms with van der Waals surface area (Å²) in [5.74, 6) is -0.458. The molecule has 2 aromatic heterocycles. The minimum Gasteiger partial charge on any atom is -0.387 e. The summed E-state index contributed by atoms with van der Waals surface area (Å²) in [6, 6.07) is 0.148. The minimum absolute atomic E-state index is 0. The Labute approximate surface area is 141 Å². The Kier molecular flexibility index (Phi) is 5.28. The van der Waals surface area contributed by atoms with E-state index in [1.807, 2.05) is 0 Å². The van der Waals surface area contributed by atoms with E-state index in [-0.39, 0.29) is 18.4 Å². The van der Waals surface area contributed by atoms with E-state index in [0.717, 1.165) is 35.1 Å². The summed E-state index contributed by atoms with van der Waals surface area (Å²) in [5.41, 5.74) is 8.24. The van der Waals surface area contributed by atoms with E-state index in [0.29, 0.717) is 11.3 Å². The van der Waals surface area contributed by atoms with Crippen LogP contribution in [0.4, 0.5) is 11.4 Å². The molecule has 3 rings (SSSR count). The smallest absolute Gasteiger partial charge is 0.250 e. The van der Waals surface area contributed by atoms with Crippen LogP contribution in [-0.2, 0) is 4.79 Å². The molecule has 5 N–H and O–H groups in total. The van der Waals surface area contributed by atoms with Crippen molar-refractivity contribution in [3.05, 3.63) is 16.9 Å². The van der Waals surface area contributed by atoms with Gasteiger partial charge in [0.2, 0.25) is 5.91 Å². The number of amides is 1. The molecule has 22 heavy (non-hydrogen) atoms. The van der Waals surface area contributed by atoms with Crippen molar-refractivity contribution in [2.24, 2.45) is 5.73 Å². The fourth-order valence-electron chi connectivity index (χ4n) is 2.64. The molecule has 120 valence electrons. The number of carbonyl (C=O) groups excluding carboxylic acids is 1. The number of H-pyrrole nitrogens is 1. The minimum atomic E-state index is -0.558. The first-order valence-corrected chi connectivity index (χ1v) is 7.46. The van der Waals surface area contributed by atoms with Crippen molar-refractivity contribution in [3.63, 3.8) is 0 Å². The monoisotopic (exact) mass is 389 g/mol. The number of rotatable bonds is 3. The van der Waals surface area contributed by atoms with Gasteiger partial charge in [-0.2, -0.15) is 0 Å². The van der Waals surface area contributed by atoms with Crippen LogP contribution in [0.15, 0.2) is 16.9 Å². The van der Waals surface area contributed by atoms with Crippen LogP contribution in [-0.4, -0.2) is 46.7 Å². The van der Waals surface area contributed by atoms with Gasteiger partial charge in [-0.3, -0.25) is 4.79 Å². The SMILES string of the molecule is Cl.N[C@@H]1CCN(c2c(Br)cnc3[nH]cc(NC(=O)CO)c23)C1. The summed E-state index contributed by atoms with van der Waals surface area (Å²) in [7, 11) is 0. The summed E-state index contributed by atoms with van der Waals surface area (Å²) >= 11 is 3.53. The first-order valence-electron chi connectivity index (χ1n) is 6.67. The highest BCUT2D eigenvalue weighted by atomic mass is 79.9. The summed E-state index contributed by atoms with van der Waals surface area (Å²) in [6.07, 6.45) is 4.34.